The summed E-state index contributed by atoms with van der Waals surface area (Å²) in [5.74, 6) is 0.436. The van der Waals surface area contributed by atoms with Crippen LogP contribution < -0.4 is 10.9 Å². The molecule has 0 spiro atoms. The van der Waals surface area contributed by atoms with E-state index in [1.54, 1.807) is 12.3 Å². The van der Waals surface area contributed by atoms with Gasteiger partial charge in [0.2, 0.25) is 0 Å². The largest absolute Gasteiger partial charge is 0.317 e. The Morgan fingerprint density at radius 2 is 2.19 bits per heavy atom. The van der Waals surface area contributed by atoms with E-state index in [-0.39, 0.29) is 5.56 Å². The van der Waals surface area contributed by atoms with Crippen LogP contribution in [-0.4, -0.2) is 27.7 Å². The molecule has 2 N–H and O–H groups in total. The molecule has 1 aliphatic rings. The second-order valence-corrected chi connectivity index (χ2v) is 4.21. The molecule has 84 valence electrons. The number of nitrogens with zero attached hydrogens (tertiary/aromatic N) is 2. The van der Waals surface area contributed by atoms with E-state index in [2.05, 4.69) is 15.4 Å². The summed E-state index contributed by atoms with van der Waals surface area (Å²) in [4.78, 5) is 14.3. The Hall–Kier alpha value is -1.62. The number of H-pyrrole nitrogens is 1. The summed E-state index contributed by atoms with van der Waals surface area (Å²) in [5.41, 5.74) is 1.77. The van der Waals surface area contributed by atoms with Gasteiger partial charge in [0, 0.05) is 18.1 Å². The molecule has 0 amide bonds. The Balaban J connectivity index is 2.13. The van der Waals surface area contributed by atoms with Crippen LogP contribution in [-0.2, 0) is 0 Å². The maximum absolute atomic E-state index is 11.5. The maximum Gasteiger partial charge on any atom is 0.251 e. The van der Waals surface area contributed by atoms with Crippen molar-refractivity contribution in [3.8, 4) is 0 Å². The van der Waals surface area contributed by atoms with Crippen molar-refractivity contribution in [3.63, 3.8) is 0 Å². The topological polar surface area (TPSA) is 62.2 Å². The van der Waals surface area contributed by atoms with Crippen LogP contribution in [0.3, 0.4) is 0 Å². The fourth-order valence-corrected chi connectivity index (χ4v) is 2.37. The molecule has 2 aromatic rings. The summed E-state index contributed by atoms with van der Waals surface area (Å²) in [7, 11) is 0. The molecular weight excluding hydrogens is 204 g/mol. The fourth-order valence-electron chi connectivity index (χ4n) is 2.37. The quantitative estimate of drug-likeness (QED) is 0.732. The van der Waals surface area contributed by atoms with Crippen LogP contribution in [0, 0.1) is 0 Å². The van der Waals surface area contributed by atoms with Crippen LogP contribution in [0.15, 0.2) is 23.1 Å². The number of piperidine rings is 1. The Morgan fingerprint density at radius 1 is 1.38 bits per heavy atom. The minimum absolute atomic E-state index is 0.0402. The van der Waals surface area contributed by atoms with E-state index in [0.29, 0.717) is 5.92 Å². The zero-order chi connectivity index (χ0) is 11.0. The van der Waals surface area contributed by atoms with E-state index >= 15 is 0 Å². The van der Waals surface area contributed by atoms with E-state index in [4.69, 9.17) is 0 Å². The minimum Gasteiger partial charge on any atom is -0.317 e. The Morgan fingerprint density at radius 3 is 3.00 bits per heavy atom. The molecular formula is C11H14N4O. The molecule has 5 heteroatoms. The molecule has 3 heterocycles. The summed E-state index contributed by atoms with van der Waals surface area (Å²) in [5, 5.41) is 7.59. The van der Waals surface area contributed by atoms with Crippen molar-refractivity contribution in [1.82, 2.24) is 19.9 Å². The highest BCUT2D eigenvalue weighted by molar-refractivity contribution is 5.37. The zero-order valence-electron chi connectivity index (χ0n) is 8.94. The first-order chi connectivity index (χ1) is 7.84. The van der Waals surface area contributed by atoms with Crippen LogP contribution in [0.4, 0.5) is 0 Å². The van der Waals surface area contributed by atoms with Crippen molar-refractivity contribution in [2.75, 3.05) is 13.1 Å². The fraction of sp³-hybridized carbons (Fsp3) is 0.455. The van der Waals surface area contributed by atoms with Crippen LogP contribution in [0.25, 0.3) is 5.65 Å². The second kappa shape index (κ2) is 3.75. The van der Waals surface area contributed by atoms with Gasteiger partial charge in [0.1, 0.15) is 5.65 Å². The molecule has 16 heavy (non-hydrogen) atoms. The van der Waals surface area contributed by atoms with Crippen molar-refractivity contribution in [3.05, 3.63) is 34.4 Å². The molecule has 0 saturated carbocycles. The lowest BCUT2D eigenvalue weighted by atomic mass is 9.94. The van der Waals surface area contributed by atoms with Crippen LogP contribution >= 0.6 is 0 Å². The van der Waals surface area contributed by atoms with E-state index in [1.165, 1.54) is 0 Å². The van der Waals surface area contributed by atoms with E-state index in [9.17, 15) is 4.79 Å². The number of hydrogen-bond acceptors (Lipinski definition) is 3. The lowest BCUT2D eigenvalue weighted by Crippen LogP contribution is -2.28. The molecule has 0 atom stereocenters. The molecule has 1 saturated heterocycles. The Labute approximate surface area is 92.5 Å². The molecule has 0 radical (unpaired) electrons. The van der Waals surface area contributed by atoms with Gasteiger partial charge in [-0.1, -0.05) is 0 Å². The van der Waals surface area contributed by atoms with Crippen molar-refractivity contribution < 1.29 is 0 Å². The summed E-state index contributed by atoms with van der Waals surface area (Å²) in [6.45, 7) is 2.03. The van der Waals surface area contributed by atoms with Crippen molar-refractivity contribution >= 4 is 5.65 Å². The standard InChI is InChI=1S/C11H14N4O/c16-11-7-9(8-1-4-12-5-2-8)15-10(14-11)3-6-13-15/h3,6-8,12H,1-2,4-5H2,(H,14,16). The molecule has 0 aromatic carbocycles. The number of aromatic nitrogens is 3. The van der Waals surface area contributed by atoms with Gasteiger partial charge in [-0.05, 0) is 25.9 Å². The highest BCUT2D eigenvalue weighted by Gasteiger charge is 2.18. The normalized spacial score (nSPS) is 18.0. The molecule has 5 nitrogen and oxygen atoms in total. The number of fused-ring (bicyclic) bond motifs is 1. The first-order valence-corrected chi connectivity index (χ1v) is 5.62. The molecule has 0 unspecified atom stereocenters. The lowest BCUT2D eigenvalue weighted by molar-refractivity contribution is 0.446. The molecule has 0 aliphatic carbocycles. The van der Waals surface area contributed by atoms with E-state index in [1.807, 2.05) is 10.6 Å². The summed E-state index contributed by atoms with van der Waals surface area (Å²) < 4.78 is 1.84. The van der Waals surface area contributed by atoms with Gasteiger partial charge < -0.3 is 10.3 Å². The number of rotatable bonds is 1. The van der Waals surface area contributed by atoms with Crippen molar-refractivity contribution in [1.29, 1.82) is 0 Å². The molecule has 2 aromatic heterocycles. The average Bonchev–Trinajstić information content (AvgIpc) is 2.77. The number of aromatic amines is 1. The van der Waals surface area contributed by atoms with Crippen molar-refractivity contribution in [2.45, 2.75) is 18.8 Å². The first-order valence-electron chi connectivity index (χ1n) is 5.62. The SMILES string of the molecule is O=c1cc(C2CCNCC2)n2nccc2[nH]1. The highest BCUT2D eigenvalue weighted by atomic mass is 16.1. The molecule has 3 rings (SSSR count). The predicted octanol–water partition coefficient (Wildman–Crippen LogP) is 0.490. The van der Waals surface area contributed by atoms with Gasteiger partial charge in [0.05, 0.1) is 11.9 Å². The van der Waals surface area contributed by atoms with Gasteiger partial charge in [-0.2, -0.15) is 5.10 Å². The van der Waals surface area contributed by atoms with Crippen LogP contribution in [0.2, 0.25) is 0 Å². The highest BCUT2D eigenvalue weighted by Crippen LogP contribution is 2.23. The predicted molar refractivity (Wildman–Crippen MR) is 60.7 cm³/mol. The van der Waals surface area contributed by atoms with Gasteiger partial charge in [0.15, 0.2) is 0 Å². The third-order valence-electron chi connectivity index (χ3n) is 3.17. The van der Waals surface area contributed by atoms with Crippen LogP contribution in [0.5, 0.6) is 0 Å². The van der Waals surface area contributed by atoms with Gasteiger partial charge in [-0.15, -0.1) is 0 Å². The van der Waals surface area contributed by atoms with Gasteiger partial charge in [-0.3, -0.25) is 4.79 Å². The van der Waals surface area contributed by atoms with Gasteiger partial charge >= 0.3 is 0 Å². The summed E-state index contributed by atoms with van der Waals surface area (Å²) >= 11 is 0. The maximum atomic E-state index is 11.5. The molecule has 0 bridgehead atoms. The Kier molecular flexibility index (Phi) is 2.25. The molecule has 1 fully saturated rings. The second-order valence-electron chi connectivity index (χ2n) is 4.21. The molecule has 1 aliphatic heterocycles. The number of hydrogen-bond donors (Lipinski definition) is 2. The monoisotopic (exact) mass is 218 g/mol. The van der Waals surface area contributed by atoms with Crippen LogP contribution in [0.1, 0.15) is 24.5 Å². The van der Waals surface area contributed by atoms with E-state index < -0.39 is 0 Å². The summed E-state index contributed by atoms with van der Waals surface area (Å²) in [6.07, 6.45) is 3.85. The minimum atomic E-state index is -0.0402. The van der Waals surface area contributed by atoms with Gasteiger partial charge in [0.25, 0.3) is 5.56 Å². The lowest BCUT2D eigenvalue weighted by Gasteiger charge is -2.22. The van der Waals surface area contributed by atoms with Crippen molar-refractivity contribution in [2.24, 2.45) is 0 Å². The van der Waals surface area contributed by atoms with Gasteiger partial charge in [-0.25, -0.2) is 4.52 Å². The average molecular weight is 218 g/mol. The third kappa shape index (κ3) is 1.53. The third-order valence-corrected chi connectivity index (χ3v) is 3.17. The van der Waals surface area contributed by atoms with E-state index in [0.717, 1.165) is 37.3 Å². The first kappa shape index (κ1) is 9.59. The smallest absolute Gasteiger partial charge is 0.251 e. The zero-order valence-corrected chi connectivity index (χ0v) is 8.94. The summed E-state index contributed by atoms with van der Waals surface area (Å²) in [6, 6.07) is 3.50. The number of nitrogens with one attached hydrogen (secondary N) is 2. The Bertz CT molecular complexity index is 550.